The van der Waals surface area contributed by atoms with E-state index in [4.69, 9.17) is 28.2 Å². The molecule has 7 heteroatoms. The van der Waals surface area contributed by atoms with Crippen LogP contribution in [-0.2, 0) is 4.79 Å². The van der Waals surface area contributed by atoms with E-state index in [0.717, 1.165) is 9.86 Å². The Kier molecular flexibility index (Phi) is 4.88. The van der Waals surface area contributed by atoms with Gasteiger partial charge in [-0.2, -0.15) is 0 Å². The van der Waals surface area contributed by atoms with E-state index < -0.39 is 0 Å². The number of carbonyl (C=O) groups excluding carboxylic acids is 1. The Morgan fingerprint density at radius 3 is 2.91 bits per heavy atom. The molecule has 120 valence electrons. The van der Waals surface area contributed by atoms with Crippen LogP contribution in [-0.4, -0.2) is 21.7 Å². The number of rotatable bonds is 3. The van der Waals surface area contributed by atoms with Gasteiger partial charge in [-0.05, 0) is 24.1 Å². The first-order valence-electron chi connectivity index (χ1n) is 6.99. The Labute approximate surface area is 157 Å². The third kappa shape index (κ3) is 3.36. The van der Waals surface area contributed by atoms with Crippen molar-refractivity contribution in [2.24, 2.45) is 5.92 Å². The maximum absolute atomic E-state index is 12.5. The molecule has 0 spiro atoms. The SMILES string of the molecule is CC(C)CN1C(=O)/C(=C/c2oc3ccc(Br)cc3c2Cl)SC1=S. The molecule has 1 aromatic heterocycles. The summed E-state index contributed by atoms with van der Waals surface area (Å²) >= 11 is 16.4. The van der Waals surface area contributed by atoms with Crippen molar-refractivity contribution < 1.29 is 9.21 Å². The molecule has 1 aromatic carbocycles. The highest BCUT2D eigenvalue weighted by Gasteiger charge is 2.32. The van der Waals surface area contributed by atoms with Crippen LogP contribution in [0, 0.1) is 5.92 Å². The maximum Gasteiger partial charge on any atom is 0.266 e. The van der Waals surface area contributed by atoms with Crippen molar-refractivity contribution in [1.29, 1.82) is 0 Å². The van der Waals surface area contributed by atoms with Gasteiger partial charge in [-0.1, -0.05) is 65.4 Å². The van der Waals surface area contributed by atoms with Gasteiger partial charge in [-0.15, -0.1) is 0 Å². The molecule has 0 bridgehead atoms. The monoisotopic (exact) mass is 429 g/mol. The predicted molar refractivity (Wildman–Crippen MR) is 104 cm³/mol. The normalized spacial score (nSPS) is 17.3. The van der Waals surface area contributed by atoms with Crippen molar-refractivity contribution >= 4 is 78.8 Å². The molecule has 1 amide bonds. The Hall–Kier alpha value is -0.820. The molecule has 0 aliphatic carbocycles. The van der Waals surface area contributed by atoms with E-state index >= 15 is 0 Å². The lowest BCUT2D eigenvalue weighted by Gasteiger charge is -2.16. The van der Waals surface area contributed by atoms with E-state index in [9.17, 15) is 4.79 Å². The van der Waals surface area contributed by atoms with Gasteiger partial charge in [0.25, 0.3) is 5.91 Å². The summed E-state index contributed by atoms with van der Waals surface area (Å²) in [4.78, 5) is 14.7. The maximum atomic E-state index is 12.5. The van der Waals surface area contributed by atoms with Gasteiger partial charge in [0.1, 0.15) is 15.7 Å². The predicted octanol–water partition coefficient (Wildman–Crippen LogP) is 5.71. The summed E-state index contributed by atoms with van der Waals surface area (Å²) in [6.07, 6.45) is 1.68. The summed E-state index contributed by atoms with van der Waals surface area (Å²) in [5.74, 6) is 0.736. The number of thiocarbonyl (C=S) groups is 1. The van der Waals surface area contributed by atoms with E-state index in [1.165, 1.54) is 11.8 Å². The Balaban J connectivity index is 1.98. The molecular formula is C16H13BrClNO2S2. The third-order valence-corrected chi connectivity index (χ3v) is 5.56. The molecule has 3 nitrogen and oxygen atoms in total. The number of furan rings is 1. The molecule has 1 aliphatic heterocycles. The fourth-order valence-corrected chi connectivity index (χ4v) is 4.14. The molecule has 0 atom stereocenters. The lowest BCUT2D eigenvalue weighted by atomic mass is 10.2. The minimum atomic E-state index is -0.0913. The Morgan fingerprint density at radius 1 is 1.48 bits per heavy atom. The highest BCUT2D eigenvalue weighted by Crippen LogP contribution is 2.38. The van der Waals surface area contributed by atoms with Crippen LogP contribution in [0.4, 0.5) is 0 Å². The van der Waals surface area contributed by atoms with Gasteiger partial charge in [0.2, 0.25) is 0 Å². The van der Waals surface area contributed by atoms with Crippen LogP contribution in [0.2, 0.25) is 5.02 Å². The van der Waals surface area contributed by atoms with E-state index in [1.54, 1.807) is 11.0 Å². The second kappa shape index (κ2) is 6.59. The van der Waals surface area contributed by atoms with Gasteiger partial charge in [0.05, 0.1) is 9.93 Å². The minimum absolute atomic E-state index is 0.0913. The number of thioether (sulfide) groups is 1. The van der Waals surface area contributed by atoms with Gasteiger partial charge in [0.15, 0.2) is 0 Å². The molecular weight excluding hydrogens is 418 g/mol. The number of hydrogen-bond donors (Lipinski definition) is 0. The van der Waals surface area contributed by atoms with Crippen molar-refractivity contribution in [3.05, 3.63) is 38.4 Å². The molecule has 2 heterocycles. The number of benzene rings is 1. The van der Waals surface area contributed by atoms with E-state index in [-0.39, 0.29) is 5.91 Å². The Morgan fingerprint density at radius 2 is 2.22 bits per heavy atom. The number of nitrogens with zero attached hydrogens (tertiary/aromatic N) is 1. The topological polar surface area (TPSA) is 33.5 Å². The fourth-order valence-electron chi connectivity index (χ4n) is 2.29. The van der Waals surface area contributed by atoms with E-state index in [1.807, 2.05) is 18.2 Å². The third-order valence-electron chi connectivity index (χ3n) is 3.30. The zero-order valence-electron chi connectivity index (χ0n) is 12.4. The van der Waals surface area contributed by atoms with Crippen LogP contribution in [0.1, 0.15) is 19.6 Å². The van der Waals surface area contributed by atoms with Crippen LogP contribution in [0.3, 0.4) is 0 Å². The van der Waals surface area contributed by atoms with Crippen LogP contribution in [0.25, 0.3) is 17.0 Å². The van der Waals surface area contributed by atoms with Gasteiger partial charge in [0, 0.05) is 22.5 Å². The smallest absolute Gasteiger partial charge is 0.266 e. The first kappa shape index (κ1) is 17.0. The van der Waals surface area contributed by atoms with Crippen molar-refractivity contribution in [2.45, 2.75) is 13.8 Å². The first-order chi connectivity index (χ1) is 10.9. The standard InChI is InChI=1S/C16H13BrClNO2S2/c1-8(2)7-19-15(20)13(23-16(19)22)6-12-14(18)10-5-9(17)3-4-11(10)21-12/h3-6,8H,7H2,1-2H3/b13-6-. The lowest BCUT2D eigenvalue weighted by Crippen LogP contribution is -2.31. The summed E-state index contributed by atoms with van der Waals surface area (Å²) in [5.41, 5.74) is 0.683. The lowest BCUT2D eigenvalue weighted by molar-refractivity contribution is -0.122. The highest BCUT2D eigenvalue weighted by atomic mass is 79.9. The molecule has 0 unspecified atom stereocenters. The van der Waals surface area contributed by atoms with E-state index in [2.05, 4.69) is 29.8 Å². The molecule has 1 saturated heterocycles. The fraction of sp³-hybridized carbons (Fsp3) is 0.250. The molecule has 1 fully saturated rings. The molecule has 1 aliphatic rings. The zero-order valence-corrected chi connectivity index (χ0v) is 16.4. The van der Waals surface area contributed by atoms with Crippen LogP contribution >= 0.6 is 51.5 Å². The second-order valence-electron chi connectivity index (χ2n) is 5.61. The summed E-state index contributed by atoms with van der Waals surface area (Å²) in [6.45, 7) is 4.72. The largest absolute Gasteiger partial charge is 0.455 e. The number of carbonyl (C=O) groups is 1. The molecule has 0 saturated carbocycles. The van der Waals surface area contributed by atoms with Crippen LogP contribution in [0.5, 0.6) is 0 Å². The number of halogens is 2. The van der Waals surface area contributed by atoms with Crippen LogP contribution < -0.4 is 0 Å². The summed E-state index contributed by atoms with van der Waals surface area (Å²) in [6, 6.07) is 5.61. The quantitative estimate of drug-likeness (QED) is 0.461. The highest BCUT2D eigenvalue weighted by molar-refractivity contribution is 9.10. The van der Waals surface area contributed by atoms with Crippen molar-refractivity contribution in [1.82, 2.24) is 4.90 Å². The molecule has 3 rings (SSSR count). The molecule has 2 aromatic rings. The van der Waals surface area contributed by atoms with Gasteiger partial charge < -0.3 is 4.42 Å². The first-order valence-corrected chi connectivity index (χ1v) is 9.39. The summed E-state index contributed by atoms with van der Waals surface area (Å²) in [7, 11) is 0. The average molecular weight is 431 g/mol. The molecule has 23 heavy (non-hydrogen) atoms. The van der Waals surface area contributed by atoms with E-state index in [0.29, 0.717) is 38.1 Å². The van der Waals surface area contributed by atoms with Gasteiger partial charge in [-0.25, -0.2) is 0 Å². The molecule has 0 N–H and O–H groups in total. The second-order valence-corrected chi connectivity index (χ2v) is 8.58. The van der Waals surface area contributed by atoms with Crippen molar-refractivity contribution in [3.63, 3.8) is 0 Å². The number of hydrogen-bond acceptors (Lipinski definition) is 4. The average Bonchev–Trinajstić information content (AvgIpc) is 2.92. The number of fused-ring (bicyclic) bond motifs is 1. The summed E-state index contributed by atoms with van der Waals surface area (Å²) in [5, 5.41) is 1.31. The van der Waals surface area contributed by atoms with Crippen LogP contribution in [0.15, 0.2) is 32.0 Å². The van der Waals surface area contributed by atoms with Gasteiger partial charge in [-0.3, -0.25) is 9.69 Å². The van der Waals surface area contributed by atoms with Gasteiger partial charge >= 0.3 is 0 Å². The zero-order chi connectivity index (χ0) is 16.7. The Bertz CT molecular complexity index is 844. The van der Waals surface area contributed by atoms with Crippen molar-refractivity contribution in [2.75, 3.05) is 6.54 Å². The molecule has 0 radical (unpaired) electrons. The number of amides is 1. The van der Waals surface area contributed by atoms with Crippen molar-refractivity contribution in [3.8, 4) is 0 Å². The minimum Gasteiger partial charge on any atom is -0.455 e. The summed E-state index contributed by atoms with van der Waals surface area (Å²) < 4.78 is 7.25.